The molecule has 154 valence electrons. The predicted octanol–water partition coefficient (Wildman–Crippen LogP) is 3.62. The number of benzene rings is 3. The van der Waals surface area contributed by atoms with Crippen LogP contribution in [0.25, 0.3) is 22.0 Å². The van der Waals surface area contributed by atoms with Crippen LogP contribution in [-0.4, -0.2) is 28.0 Å². The maximum Gasteiger partial charge on any atom is 0.335 e. The Labute approximate surface area is 178 Å². The summed E-state index contributed by atoms with van der Waals surface area (Å²) < 4.78 is 0. The average molecular weight is 411 g/mol. The number of aromatic nitrogens is 1. The molecular weight excluding hydrogens is 390 g/mol. The smallest absolute Gasteiger partial charge is 0.335 e. The summed E-state index contributed by atoms with van der Waals surface area (Å²) in [4.78, 5) is 26.9. The van der Waals surface area contributed by atoms with E-state index in [4.69, 9.17) is 5.73 Å². The molecule has 2 unspecified atom stereocenters. The van der Waals surface area contributed by atoms with Gasteiger partial charge in [-0.1, -0.05) is 54.6 Å². The Morgan fingerprint density at radius 3 is 2.32 bits per heavy atom. The van der Waals surface area contributed by atoms with Crippen LogP contribution in [0.4, 0.5) is 0 Å². The second-order valence-electron chi connectivity index (χ2n) is 7.83. The molecule has 6 heteroatoms. The van der Waals surface area contributed by atoms with Gasteiger partial charge in [0.15, 0.2) is 0 Å². The van der Waals surface area contributed by atoms with Crippen LogP contribution in [0.15, 0.2) is 72.8 Å². The van der Waals surface area contributed by atoms with Gasteiger partial charge in [-0.3, -0.25) is 10.1 Å². The van der Waals surface area contributed by atoms with E-state index in [1.165, 1.54) is 0 Å². The largest absolute Gasteiger partial charge is 0.478 e. The minimum atomic E-state index is -0.981. The van der Waals surface area contributed by atoms with E-state index in [1.807, 2.05) is 30.3 Å². The van der Waals surface area contributed by atoms with Gasteiger partial charge in [0.25, 0.3) is 0 Å². The maximum atomic E-state index is 12.1. The molecule has 0 aliphatic carbocycles. The molecule has 0 saturated heterocycles. The van der Waals surface area contributed by atoms with Crippen LogP contribution >= 0.6 is 0 Å². The first-order valence-electron chi connectivity index (χ1n) is 10.1. The molecule has 5 rings (SSSR count). The molecule has 2 heterocycles. The summed E-state index contributed by atoms with van der Waals surface area (Å²) in [6.07, 6.45) is 0.409. The lowest BCUT2D eigenvalue weighted by atomic mass is 9.89. The van der Waals surface area contributed by atoms with E-state index in [0.29, 0.717) is 6.42 Å². The molecule has 0 bridgehead atoms. The Balaban J connectivity index is 1.60. The molecule has 31 heavy (non-hydrogen) atoms. The van der Waals surface area contributed by atoms with E-state index >= 15 is 0 Å². The first kappa shape index (κ1) is 19.1. The van der Waals surface area contributed by atoms with Crippen LogP contribution in [-0.2, 0) is 11.2 Å². The summed E-state index contributed by atoms with van der Waals surface area (Å²) in [5.41, 5.74) is 11.8. The molecule has 4 aromatic rings. The van der Waals surface area contributed by atoms with Crippen molar-refractivity contribution in [2.24, 2.45) is 5.73 Å². The lowest BCUT2D eigenvalue weighted by Crippen LogP contribution is -2.48. The van der Waals surface area contributed by atoms with Crippen LogP contribution in [0, 0.1) is 0 Å². The van der Waals surface area contributed by atoms with E-state index in [1.54, 1.807) is 18.2 Å². The summed E-state index contributed by atoms with van der Waals surface area (Å²) in [7, 11) is 0. The standard InChI is InChI=1S/C25H21N3O3/c26-24(29)21-13-19-18-12-17(25(30)31)10-11-20(18)27-23(19)22(28-21)16-8-6-15(7-9-16)14-4-2-1-3-5-14/h1-12,21-22,27-28H,13H2,(H2,26,29)(H,30,31). The third kappa shape index (κ3) is 3.37. The predicted molar refractivity (Wildman–Crippen MR) is 119 cm³/mol. The molecule has 0 saturated carbocycles. The van der Waals surface area contributed by atoms with Gasteiger partial charge in [0.2, 0.25) is 5.91 Å². The molecule has 1 aliphatic heterocycles. The number of hydrogen-bond acceptors (Lipinski definition) is 3. The van der Waals surface area contributed by atoms with Crippen LogP contribution in [0.5, 0.6) is 0 Å². The van der Waals surface area contributed by atoms with Gasteiger partial charge in [0, 0.05) is 16.6 Å². The Morgan fingerprint density at radius 2 is 1.65 bits per heavy atom. The molecule has 1 amide bonds. The number of primary amides is 1. The molecule has 2 atom stereocenters. The Kier molecular flexibility index (Phi) is 4.56. The van der Waals surface area contributed by atoms with Crippen LogP contribution in [0.3, 0.4) is 0 Å². The summed E-state index contributed by atoms with van der Waals surface area (Å²) in [6.45, 7) is 0. The quantitative estimate of drug-likeness (QED) is 0.411. The summed E-state index contributed by atoms with van der Waals surface area (Å²) in [5.74, 6) is -1.41. The number of aromatic amines is 1. The fraction of sp³-hybridized carbons (Fsp3) is 0.120. The first-order chi connectivity index (χ1) is 15.0. The third-order valence-electron chi connectivity index (χ3n) is 5.95. The van der Waals surface area contributed by atoms with Gasteiger partial charge < -0.3 is 15.8 Å². The van der Waals surface area contributed by atoms with E-state index in [0.717, 1.165) is 38.9 Å². The first-order valence-corrected chi connectivity index (χ1v) is 10.1. The van der Waals surface area contributed by atoms with Gasteiger partial charge in [-0.05, 0) is 46.9 Å². The molecule has 6 nitrogen and oxygen atoms in total. The van der Waals surface area contributed by atoms with Gasteiger partial charge >= 0.3 is 5.97 Å². The number of rotatable bonds is 4. The molecule has 0 radical (unpaired) electrons. The van der Waals surface area contributed by atoms with Crippen molar-refractivity contribution < 1.29 is 14.7 Å². The van der Waals surface area contributed by atoms with Gasteiger partial charge in [0.1, 0.15) is 0 Å². The molecule has 0 spiro atoms. The monoisotopic (exact) mass is 411 g/mol. The summed E-state index contributed by atoms with van der Waals surface area (Å²) in [6, 6.07) is 22.5. The van der Waals surface area contributed by atoms with Crippen molar-refractivity contribution >= 4 is 22.8 Å². The van der Waals surface area contributed by atoms with E-state index in [2.05, 4.69) is 34.6 Å². The van der Waals surface area contributed by atoms with Gasteiger partial charge in [-0.25, -0.2) is 4.79 Å². The van der Waals surface area contributed by atoms with Crippen molar-refractivity contribution in [2.75, 3.05) is 0 Å². The number of carboxylic acid groups (broad SMARTS) is 1. The van der Waals surface area contributed by atoms with Crippen molar-refractivity contribution in [3.8, 4) is 11.1 Å². The van der Waals surface area contributed by atoms with Gasteiger partial charge in [-0.2, -0.15) is 0 Å². The van der Waals surface area contributed by atoms with Crippen LogP contribution in [0.2, 0.25) is 0 Å². The number of nitrogens with one attached hydrogen (secondary N) is 2. The number of carbonyl (C=O) groups is 2. The number of carboxylic acids is 1. The highest BCUT2D eigenvalue weighted by molar-refractivity contribution is 5.96. The molecule has 3 aromatic carbocycles. The molecule has 0 fully saturated rings. The number of carbonyl (C=O) groups excluding carboxylic acids is 1. The minimum Gasteiger partial charge on any atom is -0.478 e. The number of aromatic carboxylic acids is 1. The van der Waals surface area contributed by atoms with Crippen molar-refractivity contribution in [1.82, 2.24) is 10.3 Å². The van der Waals surface area contributed by atoms with Crippen molar-refractivity contribution in [3.63, 3.8) is 0 Å². The van der Waals surface area contributed by atoms with E-state index in [9.17, 15) is 14.7 Å². The number of hydrogen-bond donors (Lipinski definition) is 4. The number of amides is 1. The number of H-pyrrole nitrogens is 1. The topological polar surface area (TPSA) is 108 Å². The van der Waals surface area contributed by atoms with Crippen LogP contribution < -0.4 is 11.1 Å². The SMILES string of the molecule is NC(=O)C1Cc2c([nH]c3ccc(C(=O)O)cc23)C(c2ccc(-c3ccccc3)cc2)N1. The van der Waals surface area contributed by atoms with Gasteiger partial charge in [0.05, 0.1) is 17.6 Å². The Hall–Kier alpha value is -3.90. The summed E-state index contributed by atoms with van der Waals surface area (Å²) >= 11 is 0. The zero-order valence-corrected chi connectivity index (χ0v) is 16.6. The zero-order chi connectivity index (χ0) is 21.5. The highest BCUT2D eigenvalue weighted by atomic mass is 16.4. The van der Waals surface area contributed by atoms with E-state index < -0.39 is 17.9 Å². The lowest BCUT2D eigenvalue weighted by Gasteiger charge is -2.30. The van der Waals surface area contributed by atoms with Crippen molar-refractivity contribution in [3.05, 3.63) is 95.2 Å². The highest BCUT2D eigenvalue weighted by Gasteiger charge is 2.33. The number of fused-ring (bicyclic) bond motifs is 3. The molecule has 1 aromatic heterocycles. The molecular formula is C25H21N3O3. The number of nitrogens with two attached hydrogens (primary N) is 1. The fourth-order valence-corrected chi connectivity index (χ4v) is 4.36. The Morgan fingerprint density at radius 1 is 0.935 bits per heavy atom. The summed E-state index contributed by atoms with van der Waals surface area (Å²) in [5, 5.41) is 13.6. The normalized spacial score (nSPS) is 17.9. The highest BCUT2D eigenvalue weighted by Crippen LogP contribution is 2.36. The zero-order valence-electron chi connectivity index (χ0n) is 16.6. The van der Waals surface area contributed by atoms with Gasteiger partial charge in [-0.15, -0.1) is 0 Å². The second-order valence-corrected chi connectivity index (χ2v) is 7.83. The van der Waals surface area contributed by atoms with Crippen LogP contribution in [0.1, 0.15) is 33.2 Å². The van der Waals surface area contributed by atoms with Crippen molar-refractivity contribution in [2.45, 2.75) is 18.5 Å². The molecule has 1 aliphatic rings. The third-order valence-corrected chi connectivity index (χ3v) is 5.95. The Bertz CT molecular complexity index is 1290. The maximum absolute atomic E-state index is 12.1. The minimum absolute atomic E-state index is 0.215. The molecule has 5 N–H and O–H groups in total. The second kappa shape index (κ2) is 7.41. The fourth-order valence-electron chi connectivity index (χ4n) is 4.36. The average Bonchev–Trinajstić information content (AvgIpc) is 3.17. The van der Waals surface area contributed by atoms with E-state index in [-0.39, 0.29) is 11.6 Å². The lowest BCUT2D eigenvalue weighted by molar-refractivity contribution is -0.120. The van der Waals surface area contributed by atoms with Crippen molar-refractivity contribution in [1.29, 1.82) is 0 Å².